The van der Waals surface area contributed by atoms with Crippen LogP contribution in [0.25, 0.3) is 0 Å². The Balaban J connectivity index is 2.88. The van der Waals surface area contributed by atoms with Gasteiger partial charge in [-0.15, -0.1) is 0 Å². The standard InChI is InChI=1S/C16H27NO/c1-6-18-15-9-12(3)16(13(4)10-15)11(2)7-8-14(5)17/h9-11,14H,6-8,17H2,1-5H3. The maximum absolute atomic E-state index is 5.84. The van der Waals surface area contributed by atoms with E-state index >= 15 is 0 Å². The number of hydrogen-bond donors (Lipinski definition) is 1. The molecule has 2 heteroatoms. The van der Waals surface area contributed by atoms with E-state index in [2.05, 4.69) is 39.8 Å². The number of nitrogens with two attached hydrogens (primary N) is 1. The lowest BCUT2D eigenvalue weighted by atomic mass is 9.88. The third-order valence-corrected chi connectivity index (χ3v) is 3.43. The van der Waals surface area contributed by atoms with Crippen LogP contribution in [0, 0.1) is 13.8 Å². The van der Waals surface area contributed by atoms with E-state index in [0.717, 1.165) is 25.2 Å². The SMILES string of the molecule is CCOc1cc(C)c(C(C)CCC(C)N)c(C)c1. The summed E-state index contributed by atoms with van der Waals surface area (Å²) in [5.41, 5.74) is 9.95. The fourth-order valence-corrected chi connectivity index (χ4v) is 2.62. The molecule has 0 spiro atoms. The molecule has 1 aromatic carbocycles. The molecule has 0 fully saturated rings. The van der Waals surface area contributed by atoms with Gasteiger partial charge in [-0.2, -0.15) is 0 Å². The highest BCUT2D eigenvalue weighted by atomic mass is 16.5. The van der Waals surface area contributed by atoms with Gasteiger partial charge >= 0.3 is 0 Å². The van der Waals surface area contributed by atoms with Gasteiger partial charge in [0.05, 0.1) is 6.61 Å². The predicted octanol–water partition coefficient (Wildman–Crippen LogP) is 3.93. The molecule has 102 valence electrons. The second-order valence-electron chi connectivity index (χ2n) is 5.36. The highest BCUT2D eigenvalue weighted by molar-refractivity contribution is 5.42. The van der Waals surface area contributed by atoms with Crippen molar-refractivity contribution in [2.24, 2.45) is 5.73 Å². The molecule has 2 unspecified atom stereocenters. The molecule has 0 aromatic heterocycles. The van der Waals surface area contributed by atoms with Gasteiger partial charge in [-0.25, -0.2) is 0 Å². The largest absolute Gasteiger partial charge is 0.494 e. The minimum Gasteiger partial charge on any atom is -0.494 e. The lowest BCUT2D eigenvalue weighted by molar-refractivity contribution is 0.339. The monoisotopic (exact) mass is 249 g/mol. The lowest BCUT2D eigenvalue weighted by Crippen LogP contribution is -2.15. The van der Waals surface area contributed by atoms with Crippen LogP contribution in [0.4, 0.5) is 0 Å². The molecule has 1 aromatic rings. The van der Waals surface area contributed by atoms with Crippen LogP contribution >= 0.6 is 0 Å². The van der Waals surface area contributed by atoms with Crippen LogP contribution in [0.5, 0.6) is 5.75 Å². The summed E-state index contributed by atoms with van der Waals surface area (Å²) in [7, 11) is 0. The average molecular weight is 249 g/mol. The van der Waals surface area contributed by atoms with Crippen LogP contribution in [0.2, 0.25) is 0 Å². The molecule has 18 heavy (non-hydrogen) atoms. The Bertz CT molecular complexity index is 362. The number of hydrogen-bond acceptors (Lipinski definition) is 2. The van der Waals surface area contributed by atoms with Gasteiger partial charge in [-0.1, -0.05) is 6.92 Å². The van der Waals surface area contributed by atoms with E-state index in [9.17, 15) is 0 Å². The van der Waals surface area contributed by atoms with Crippen LogP contribution in [-0.4, -0.2) is 12.6 Å². The average Bonchev–Trinajstić information content (AvgIpc) is 2.25. The van der Waals surface area contributed by atoms with Gasteiger partial charge in [-0.05, 0) is 75.3 Å². The van der Waals surface area contributed by atoms with Crippen molar-refractivity contribution in [3.63, 3.8) is 0 Å². The summed E-state index contributed by atoms with van der Waals surface area (Å²) in [6.45, 7) is 11.4. The summed E-state index contributed by atoms with van der Waals surface area (Å²) in [5.74, 6) is 1.54. The quantitative estimate of drug-likeness (QED) is 0.829. The molecule has 0 amide bonds. The fraction of sp³-hybridized carbons (Fsp3) is 0.625. The molecule has 0 saturated carbocycles. The predicted molar refractivity (Wildman–Crippen MR) is 78.4 cm³/mol. The van der Waals surface area contributed by atoms with Gasteiger partial charge in [-0.3, -0.25) is 0 Å². The number of benzene rings is 1. The molecule has 0 aliphatic heterocycles. The van der Waals surface area contributed by atoms with Crippen molar-refractivity contribution in [3.05, 3.63) is 28.8 Å². The first-order valence-corrected chi connectivity index (χ1v) is 6.95. The Morgan fingerprint density at radius 3 is 2.11 bits per heavy atom. The molecule has 0 aliphatic carbocycles. The van der Waals surface area contributed by atoms with E-state index in [1.165, 1.54) is 16.7 Å². The van der Waals surface area contributed by atoms with Crippen LogP contribution in [0.15, 0.2) is 12.1 Å². The van der Waals surface area contributed by atoms with E-state index in [0.29, 0.717) is 5.92 Å². The molecule has 0 heterocycles. The summed E-state index contributed by atoms with van der Waals surface area (Å²) in [5, 5.41) is 0. The maximum Gasteiger partial charge on any atom is 0.119 e. The van der Waals surface area contributed by atoms with E-state index in [-0.39, 0.29) is 6.04 Å². The second-order valence-corrected chi connectivity index (χ2v) is 5.36. The first-order valence-electron chi connectivity index (χ1n) is 6.95. The number of ether oxygens (including phenoxy) is 1. The minimum absolute atomic E-state index is 0.288. The van der Waals surface area contributed by atoms with Crippen LogP contribution < -0.4 is 10.5 Å². The van der Waals surface area contributed by atoms with Crippen molar-refractivity contribution < 1.29 is 4.74 Å². The topological polar surface area (TPSA) is 35.2 Å². The van der Waals surface area contributed by atoms with Gasteiger partial charge < -0.3 is 10.5 Å². The van der Waals surface area contributed by atoms with Crippen molar-refractivity contribution in [1.82, 2.24) is 0 Å². The van der Waals surface area contributed by atoms with Gasteiger partial charge in [0.1, 0.15) is 5.75 Å². The number of aryl methyl sites for hydroxylation is 2. The molecular formula is C16H27NO. The molecule has 2 N–H and O–H groups in total. The Morgan fingerprint density at radius 2 is 1.67 bits per heavy atom. The summed E-state index contributed by atoms with van der Waals surface area (Å²) < 4.78 is 5.58. The first-order chi connectivity index (χ1) is 8.45. The highest BCUT2D eigenvalue weighted by Gasteiger charge is 2.13. The minimum atomic E-state index is 0.288. The van der Waals surface area contributed by atoms with Crippen molar-refractivity contribution in [2.75, 3.05) is 6.61 Å². The summed E-state index contributed by atoms with van der Waals surface area (Å²) in [6.07, 6.45) is 2.22. The molecule has 1 rings (SSSR count). The molecule has 2 atom stereocenters. The fourth-order valence-electron chi connectivity index (χ4n) is 2.62. The van der Waals surface area contributed by atoms with Gasteiger partial charge in [0.15, 0.2) is 0 Å². The van der Waals surface area contributed by atoms with Gasteiger partial charge in [0, 0.05) is 6.04 Å². The van der Waals surface area contributed by atoms with E-state index in [1.54, 1.807) is 0 Å². The molecular weight excluding hydrogens is 222 g/mol. The second kappa shape index (κ2) is 6.79. The Morgan fingerprint density at radius 1 is 1.11 bits per heavy atom. The highest BCUT2D eigenvalue weighted by Crippen LogP contribution is 2.30. The van der Waals surface area contributed by atoms with E-state index in [1.807, 2.05) is 6.92 Å². The van der Waals surface area contributed by atoms with Crippen LogP contribution in [0.3, 0.4) is 0 Å². The lowest BCUT2D eigenvalue weighted by Gasteiger charge is -2.19. The van der Waals surface area contributed by atoms with Crippen LogP contribution in [-0.2, 0) is 0 Å². The number of rotatable bonds is 6. The Hall–Kier alpha value is -1.02. The summed E-state index contributed by atoms with van der Waals surface area (Å²) in [4.78, 5) is 0. The molecule has 0 aliphatic rings. The normalized spacial score (nSPS) is 14.3. The third kappa shape index (κ3) is 4.02. The molecule has 2 nitrogen and oxygen atoms in total. The zero-order chi connectivity index (χ0) is 13.7. The maximum atomic E-state index is 5.84. The van der Waals surface area contributed by atoms with Crippen molar-refractivity contribution in [1.29, 1.82) is 0 Å². The summed E-state index contributed by atoms with van der Waals surface area (Å²) in [6, 6.07) is 4.58. The zero-order valence-electron chi connectivity index (χ0n) is 12.4. The third-order valence-electron chi connectivity index (χ3n) is 3.43. The van der Waals surface area contributed by atoms with Gasteiger partial charge in [0.25, 0.3) is 0 Å². The zero-order valence-corrected chi connectivity index (χ0v) is 12.4. The van der Waals surface area contributed by atoms with Gasteiger partial charge in [0.2, 0.25) is 0 Å². The van der Waals surface area contributed by atoms with Crippen molar-refractivity contribution in [3.8, 4) is 5.75 Å². The smallest absolute Gasteiger partial charge is 0.119 e. The van der Waals surface area contributed by atoms with Crippen molar-refractivity contribution >= 4 is 0 Å². The molecule has 0 saturated heterocycles. The summed E-state index contributed by atoms with van der Waals surface area (Å²) >= 11 is 0. The van der Waals surface area contributed by atoms with Crippen LogP contribution in [0.1, 0.15) is 56.2 Å². The van der Waals surface area contributed by atoms with E-state index in [4.69, 9.17) is 10.5 Å². The molecule has 0 bridgehead atoms. The molecule has 0 radical (unpaired) electrons. The Labute approximate surface area is 112 Å². The Kier molecular flexibility index (Phi) is 5.67. The first kappa shape index (κ1) is 15.0. The van der Waals surface area contributed by atoms with Crippen molar-refractivity contribution in [2.45, 2.75) is 59.4 Å². The van der Waals surface area contributed by atoms with E-state index < -0.39 is 0 Å².